The first-order valence-electron chi connectivity index (χ1n) is 9.68. The highest BCUT2D eigenvalue weighted by Crippen LogP contribution is 2.20. The van der Waals surface area contributed by atoms with Gasteiger partial charge in [-0.3, -0.25) is 14.9 Å². The zero-order valence-corrected chi connectivity index (χ0v) is 16.7. The van der Waals surface area contributed by atoms with Crippen LogP contribution in [-0.4, -0.2) is 64.2 Å². The van der Waals surface area contributed by atoms with E-state index in [4.69, 9.17) is 5.73 Å². The molecule has 0 radical (unpaired) electrons. The number of carbonyl (C=O) groups is 3. The van der Waals surface area contributed by atoms with Gasteiger partial charge < -0.3 is 20.8 Å². The molecule has 1 saturated heterocycles. The number of unbranched alkanes of at least 4 members (excludes halogenated alkanes) is 1. The summed E-state index contributed by atoms with van der Waals surface area (Å²) in [6.07, 6.45) is 3.85. The standard InChI is InChI=1S/C19H29N3O5S/c20-10-2-1-6-14(17(23)22-11-3-7-16(22)19(26)27)21-15(18(24)25)9-8-13-5-4-12-28-13/h4-5,12,14-16,21H,1-3,6-11,20H2,(H,24,25)(H,26,27)/t14-,15?,16-/m0/s1. The maximum Gasteiger partial charge on any atom is 0.326 e. The second-order valence-electron chi connectivity index (χ2n) is 7.04. The first-order valence-corrected chi connectivity index (χ1v) is 10.6. The fourth-order valence-corrected chi connectivity index (χ4v) is 4.25. The molecule has 8 nitrogen and oxygen atoms in total. The second kappa shape index (κ2) is 11.1. The van der Waals surface area contributed by atoms with Gasteiger partial charge in [-0.2, -0.15) is 0 Å². The molecule has 28 heavy (non-hydrogen) atoms. The predicted octanol–water partition coefficient (Wildman–Crippen LogP) is 1.30. The number of hydrogen-bond donors (Lipinski definition) is 4. The van der Waals surface area contributed by atoms with E-state index in [1.54, 1.807) is 11.3 Å². The number of thiophene rings is 1. The quantitative estimate of drug-likeness (QED) is 0.381. The summed E-state index contributed by atoms with van der Waals surface area (Å²) in [5, 5.41) is 23.9. The van der Waals surface area contributed by atoms with Crippen molar-refractivity contribution in [3.8, 4) is 0 Å². The van der Waals surface area contributed by atoms with Crippen molar-refractivity contribution in [2.24, 2.45) is 5.73 Å². The monoisotopic (exact) mass is 411 g/mol. The first kappa shape index (κ1) is 22.3. The summed E-state index contributed by atoms with van der Waals surface area (Å²) in [7, 11) is 0. The Labute approximate surface area is 168 Å². The topological polar surface area (TPSA) is 133 Å². The Morgan fingerprint density at radius 3 is 2.64 bits per heavy atom. The summed E-state index contributed by atoms with van der Waals surface area (Å²) in [5.74, 6) is -2.35. The van der Waals surface area contributed by atoms with Gasteiger partial charge in [0, 0.05) is 11.4 Å². The third kappa shape index (κ3) is 6.29. The number of nitrogens with zero attached hydrogens (tertiary/aromatic N) is 1. The minimum atomic E-state index is -1.01. The van der Waals surface area contributed by atoms with Crippen LogP contribution in [0.15, 0.2) is 17.5 Å². The fourth-order valence-electron chi connectivity index (χ4n) is 3.52. The van der Waals surface area contributed by atoms with E-state index < -0.39 is 30.1 Å². The summed E-state index contributed by atoms with van der Waals surface area (Å²) in [5.41, 5.74) is 5.54. The Morgan fingerprint density at radius 1 is 1.25 bits per heavy atom. The van der Waals surface area contributed by atoms with Crippen LogP contribution in [0.3, 0.4) is 0 Å². The smallest absolute Gasteiger partial charge is 0.326 e. The largest absolute Gasteiger partial charge is 0.480 e. The maximum atomic E-state index is 13.0. The van der Waals surface area contributed by atoms with Crippen molar-refractivity contribution in [1.29, 1.82) is 0 Å². The molecular weight excluding hydrogens is 382 g/mol. The van der Waals surface area contributed by atoms with Gasteiger partial charge in [0.25, 0.3) is 0 Å². The Hall–Kier alpha value is -1.97. The summed E-state index contributed by atoms with van der Waals surface area (Å²) in [4.78, 5) is 38.7. The van der Waals surface area contributed by atoms with Crippen LogP contribution in [0.1, 0.15) is 43.4 Å². The van der Waals surface area contributed by atoms with E-state index in [1.165, 1.54) is 4.90 Å². The summed E-state index contributed by atoms with van der Waals surface area (Å²) in [6.45, 7) is 0.876. The number of carboxylic acids is 2. The lowest BCUT2D eigenvalue weighted by Crippen LogP contribution is -2.54. The van der Waals surface area contributed by atoms with Crippen LogP contribution in [0, 0.1) is 0 Å². The first-order chi connectivity index (χ1) is 13.4. The third-order valence-corrected chi connectivity index (χ3v) is 5.96. The van der Waals surface area contributed by atoms with Crippen molar-refractivity contribution in [3.05, 3.63) is 22.4 Å². The van der Waals surface area contributed by atoms with Crippen LogP contribution < -0.4 is 11.1 Å². The fraction of sp³-hybridized carbons (Fsp3) is 0.632. The molecule has 5 N–H and O–H groups in total. The Bertz CT molecular complexity index is 652. The summed E-state index contributed by atoms with van der Waals surface area (Å²) >= 11 is 1.57. The molecule has 1 aliphatic rings. The average Bonchev–Trinajstić information content (AvgIpc) is 3.34. The van der Waals surface area contributed by atoms with Crippen molar-refractivity contribution in [3.63, 3.8) is 0 Å². The molecule has 0 aliphatic carbocycles. The van der Waals surface area contributed by atoms with Crippen molar-refractivity contribution >= 4 is 29.2 Å². The number of nitrogens with two attached hydrogens (primary N) is 1. The Balaban J connectivity index is 2.07. The van der Waals surface area contributed by atoms with Crippen LogP contribution in [0.2, 0.25) is 0 Å². The van der Waals surface area contributed by atoms with Crippen LogP contribution >= 0.6 is 11.3 Å². The van der Waals surface area contributed by atoms with Crippen molar-refractivity contribution in [2.45, 2.75) is 63.1 Å². The molecule has 3 atom stereocenters. The van der Waals surface area contributed by atoms with Gasteiger partial charge in [-0.15, -0.1) is 11.3 Å². The van der Waals surface area contributed by atoms with Crippen LogP contribution in [-0.2, 0) is 20.8 Å². The number of carboxylic acid groups (broad SMARTS) is 2. The normalized spacial score (nSPS) is 18.8. The molecule has 0 spiro atoms. The number of amides is 1. The van der Waals surface area contributed by atoms with Crippen LogP contribution in [0.25, 0.3) is 0 Å². The highest BCUT2D eigenvalue weighted by Gasteiger charge is 2.38. The number of carbonyl (C=O) groups excluding carboxylic acids is 1. The molecule has 2 heterocycles. The minimum absolute atomic E-state index is 0.329. The van der Waals surface area contributed by atoms with Gasteiger partial charge in [0.15, 0.2) is 0 Å². The van der Waals surface area contributed by atoms with Gasteiger partial charge in [0.2, 0.25) is 5.91 Å². The zero-order valence-electron chi connectivity index (χ0n) is 15.9. The molecule has 0 saturated carbocycles. The van der Waals surface area contributed by atoms with Crippen LogP contribution in [0.4, 0.5) is 0 Å². The molecule has 1 aromatic heterocycles. The van der Waals surface area contributed by atoms with Gasteiger partial charge in [0.05, 0.1) is 6.04 Å². The maximum absolute atomic E-state index is 13.0. The summed E-state index contributed by atoms with van der Waals surface area (Å²) in [6, 6.07) is 1.44. The number of likely N-dealkylation sites (tertiary alicyclic amines) is 1. The van der Waals surface area contributed by atoms with E-state index in [2.05, 4.69) is 5.32 Å². The predicted molar refractivity (Wildman–Crippen MR) is 106 cm³/mol. The molecule has 156 valence electrons. The number of rotatable bonds is 12. The molecule has 1 aliphatic heterocycles. The molecule has 0 aromatic carbocycles. The number of aryl methyl sites for hydroxylation is 1. The van der Waals surface area contributed by atoms with Gasteiger partial charge in [0.1, 0.15) is 12.1 Å². The van der Waals surface area contributed by atoms with Crippen molar-refractivity contribution in [1.82, 2.24) is 10.2 Å². The van der Waals surface area contributed by atoms with Gasteiger partial charge in [-0.25, -0.2) is 4.79 Å². The molecule has 1 fully saturated rings. The number of aliphatic carboxylic acids is 2. The van der Waals surface area contributed by atoms with E-state index in [9.17, 15) is 24.6 Å². The minimum Gasteiger partial charge on any atom is -0.480 e. The summed E-state index contributed by atoms with van der Waals surface area (Å²) < 4.78 is 0. The van der Waals surface area contributed by atoms with Crippen LogP contribution in [0.5, 0.6) is 0 Å². The van der Waals surface area contributed by atoms with E-state index in [0.29, 0.717) is 51.6 Å². The molecule has 1 amide bonds. The van der Waals surface area contributed by atoms with E-state index >= 15 is 0 Å². The van der Waals surface area contributed by atoms with Gasteiger partial charge in [-0.05, 0) is 56.5 Å². The van der Waals surface area contributed by atoms with Gasteiger partial charge in [-0.1, -0.05) is 12.5 Å². The highest BCUT2D eigenvalue weighted by molar-refractivity contribution is 7.09. The van der Waals surface area contributed by atoms with E-state index in [0.717, 1.165) is 11.3 Å². The lowest BCUT2D eigenvalue weighted by molar-refractivity contribution is -0.149. The Morgan fingerprint density at radius 2 is 2.04 bits per heavy atom. The zero-order chi connectivity index (χ0) is 20.5. The SMILES string of the molecule is NCCCC[C@H](NC(CCc1cccs1)C(=O)O)C(=O)N1CCC[C@H]1C(=O)O. The van der Waals surface area contributed by atoms with Crippen molar-refractivity contribution < 1.29 is 24.6 Å². The molecule has 9 heteroatoms. The number of nitrogens with one attached hydrogen (secondary N) is 1. The lowest BCUT2D eigenvalue weighted by Gasteiger charge is -2.29. The lowest BCUT2D eigenvalue weighted by atomic mass is 10.0. The molecule has 1 unspecified atom stereocenters. The molecule has 0 bridgehead atoms. The molecule has 1 aromatic rings. The third-order valence-electron chi connectivity index (χ3n) is 5.03. The number of hydrogen-bond acceptors (Lipinski definition) is 6. The van der Waals surface area contributed by atoms with E-state index in [-0.39, 0.29) is 5.91 Å². The van der Waals surface area contributed by atoms with Gasteiger partial charge >= 0.3 is 11.9 Å². The average molecular weight is 412 g/mol. The highest BCUT2D eigenvalue weighted by atomic mass is 32.1. The molecule has 2 rings (SSSR count). The second-order valence-corrected chi connectivity index (χ2v) is 8.07. The Kier molecular flexibility index (Phi) is 8.88. The van der Waals surface area contributed by atoms with Crippen molar-refractivity contribution in [2.75, 3.05) is 13.1 Å². The van der Waals surface area contributed by atoms with E-state index in [1.807, 2.05) is 17.5 Å². The molecular formula is C19H29N3O5S.